The molecule has 0 bridgehead atoms. The number of hydrogen-bond donors (Lipinski definition) is 1. The van der Waals surface area contributed by atoms with Gasteiger partial charge in [0.25, 0.3) is 5.91 Å². The summed E-state index contributed by atoms with van der Waals surface area (Å²) in [5.74, 6) is 1.30. The normalized spacial score (nSPS) is 10.4. The summed E-state index contributed by atoms with van der Waals surface area (Å²) in [5.41, 5.74) is 2.70. The van der Waals surface area contributed by atoms with Crippen LogP contribution in [0, 0.1) is 0 Å². The summed E-state index contributed by atoms with van der Waals surface area (Å²) in [6.45, 7) is 3.82. The zero-order valence-electron chi connectivity index (χ0n) is 16.8. The second-order valence-corrected chi connectivity index (χ2v) is 6.59. The van der Waals surface area contributed by atoms with Crippen LogP contribution in [-0.2, 0) is 13.0 Å². The first kappa shape index (κ1) is 20.3. The van der Waals surface area contributed by atoms with Crippen molar-refractivity contribution in [2.75, 3.05) is 25.5 Å². The highest BCUT2D eigenvalue weighted by Crippen LogP contribution is 2.17. The van der Waals surface area contributed by atoms with E-state index in [0.29, 0.717) is 31.1 Å². The van der Waals surface area contributed by atoms with E-state index in [0.717, 1.165) is 23.3 Å². The molecule has 0 unspecified atom stereocenters. The van der Waals surface area contributed by atoms with Crippen molar-refractivity contribution in [3.8, 4) is 5.75 Å². The monoisotopic (exact) mass is 390 g/mol. The predicted octanol–water partition coefficient (Wildman–Crippen LogP) is 3.80. The van der Waals surface area contributed by atoms with Crippen LogP contribution in [-0.4, -0.2) is 41.0 Å². The van der Waals surface area contributed by atoms with Crippen LogP contribution in [0.4, 0.5) is 5.95 Å². The molecule has 3 rings (SSSR count). The minimum Gasteiger partial charge on any atom is -0.496 e. The van der Waals surface area contributed by atoms with Gasteiger partial charge in [-0.25, -0.2) is 9.97 Å². The van der Waals surface area contributed by atoms with Crippen LogP contribution < -0.4 is 10.1 Å². The van der Waals surface area contributed by atoms with Crippen LogP contribution >= 0.6 is 0 Å². The van der Waals surface area contributed by atoms with E-state index in [9.17, 15) is 4.79 Å². The van der Waals surface area contributed by atoms with Crippen molar-refractivity contribution in [3.63, 3.8) is 0 Å². The fourth-order valence-corrected chi connectivity index (χ4v) is 3.06. The number of rotatable bonds is 9. The third-order valence-corrected chi connectivity index (χ3v) is 4.65. The number of amides is 1. The molecular formula is C23H26N4O2. The number of nitrogens with one attached hydrogen (secondary N) is 1. The first-order valence-electron chi connectivity index (χ1n) is 9.72. The van der Waals surface area contributed by atoms with Gasteiger partial charge in [0.1, 0.15) is 5.75 Å². The number of hydrogen-bond acceptors (Lipinski definition) is 5. The van der Waals surface area contributed by atoms with Crippen molar-refractivity contribution in [1.82, 2.24) is 14.9 Å². The number of nitrogens with zero attached hydrogens (tertiary/aromatic N) is 3. The zero-order valence-corrected chi connectivity index (χ0v) is 16.8. The van der Waals surface area contributed by atoms with Crippen molar-refractivity contribution < 1.29 is 9.53 Å². The summed E-state index contributed by atoms with van der Waals surface area (Å²) in [6, 6.07) is 17.9. The Bertz CT molecular complexity index is 914. The number of carbonyl (C=O) groups excluding carboxylic acids is 1. The molecule has 0 saturated heterocycles. The van der Waals surface area contributed by atoms with Gasteiger partial charge < -0.3 is 15.0 Å². The molecule has 6 nitrogen and oxygen atoms in total. The van der Waals surface area contributed by atoms with Gasteiger partial charge >= 0.3 is 0 Å². The highest BCUT2D eigenvalue weighted by molar-refractivity contribution is 5.93. The second kappa shape index (κ2) is 10.2. The molecule has 0 saturated carbocycles. The number of anilines is 1. The number of benzene rings is 2. The van der Waals surface area contributed by atoms with E-state index in [2.05, 4.69) is 15.3 Å². The fourth-order valence-electron chi connectivity index (χ4n) is 3.06. The van der Waals surface area contributed by atoms with Gasteiger partial charge in [-0.1, -0.05) is 48.5 Å². The van der Waals surface area contributed by atoms with Crippen molar-refractivity contribution >= 4 is 11.9 Å². The zero-order chi connectivity index (χ0) is 20.5. The quantitative estimate of drug-likeness (QED) is 0.602. The van der Waals surface area contributed by atoms with E-state index in [4.69, 9.17) is 4.74 Å². The molecule has 3 aromatic rings. The van der Waals surface area contributed by atoms with Gasteiger partial charge in [-0.05, 0) is 30.5 Å². The van der Waals surface area contributed by atoms with E-state index >= 15 is 0 Å². The largest absolute Gasteiger partial charge is 0.496 e. The molecule has 0 radical (unpaired) electrons. The molecule has 0 spiro atoms. The Kier molecular flexibility index (Phi) is 7.16. The lowest BCUT2D eigenvalue weighted by Crippen LogP contribution is -2.30. The molecular weight excluding hydrogens is 364 g/mol. The minimum absolute atomic E-state index is 0.0723. The van der Waals surface area contributed by atoms with E-state index in [1.807, 2.05) is 61.5 Å². The molecule has 0 aliphatic heterocycles. The van der Waals surface area contributed by atoms with E-state index < -0.39 is 0 Å². The highest BCUT2D eigenvalue weighted by atomic mass is 16.5. The molecule has 1 heterocycles. The summed E-state index contributed by atoms with van der Waals surface area (Å²) in [4.78, 5) is 23.1. The van der Waals surface area contributed by atoms with Gasteiger partial charge in [-0.15, -0.1) is 0 Å². The first-order valence-corrected chi connectivity index (χ1v) is 9.72. The standard InChI is InChI=1S/C23H26N4O2/c1-3-27(17-18-9-5-4-6-10-18)22(28)20-15-25-23(26-16-20)24-14-13-19-11-7-8-12-21(19)29-2/h4-12,15-16H,3,13-14,17H2,1-2H3,(H,24,25,26). The van der Waals surface area contributed by atoms with Crippen molar-refractivity contribution in [2.45, 2.75) is 19.9 Å². The van der Waals surface area contributed by atoms with Gasteiger partial charge in [0, 0.05) is 32.0 Å². The van der Waals surface area contributed by atoms with Gasteiger partial charge in [-0.2, -0.15) is 0 Å². The van der Waals surface area contributed by atoms with Crippen LogP contribution in [0.1, 0.15) is 28.4 Å². The molecule has 1 N–H and O–H groups in total. The van der Waals surface area contributed by atoms with Crippen molar-refractivity contribution in [1.29, 1.82) is 0 Å². The lowest BCUT2D eigenvalue weighted by molar-refractivity contribution is 0.0751. The number of para-hydroxylation sites is 1. The summed E-state index contributed by atoms with van der Waals surface area (Å²) in [5, 5.41) is 3.19. The summed E-state index contributed by atoms with van der Waals surface area (Å²) < 4.78 is 5.36. The van der Waals surface area contributed by atoms with Crippen LogP contribution in [0.5, 0.6) is 5.75 Å². The molecule has 0 fully saturated rings. The fraction of sp³-hybridized carbons (Fsp3) is 0.261. The Labute approximate surface area is 171 Å². The molecule has 6 heteroatoms. The van der Waals surface area contributed by atoms with Gasteiger partial charge in [0.15, 0.2) is 0 Å². The lowest BCUT2D eigenvalue weighted by atomic mass is 10.1. The van der Waals surface area contributed by atoms with Gasteiger partial charge in [0.2, 0.25) is 5.95 Å². The maximum atomic E-state index is 12.8. The number of aromatic nitrogens is 2. The summed E-state index contributed by atoms with van der Waals surface area (Å²) in [6.07, 6.45) is 3.94. The Morgan fingerprint density at radius 2 is 1.72 bits per heavy atom. The molecule has 0 aliphatic rings. The lowest BCUT2D eigenvalue weighted by Gasteiger charge is -2.20. The van der Waals surface area contributed by atoms with Crippen LogP contribution in [0.2, 0.25) is 0 Å². The average molecular weight is 390 g/mol. The molecule has 29 heavy (non-hydrogen) atoms. The first-order chi connectivity index (χ1) is 14.2. The molecule has 0 aliphatic carbocycles. The van der Waals surface area contributed by atoms with Crippen LogP contribution in [0.15, 0.2) is 67.0 Å². The molecule has 2 aromatic carbocycles. The Balaban J connectivity index is 1.56. The predicted molar refractivity (Wildman–Crippen MR) is 114 cm³/mol. The van der Waals surface area contributed by atoms with Gasteiger partial charge in [0.05, 0.1) is 12.7 Å². The smallest absolute Gasteiger partial charge is 0.257 e. The van der Waals surface area contributed by atoms with E-state index in [-0.39, 0.29) is 5.91 Å². The second-order valence-electron chi connectivity index (χ2n) is 6.59. The molecule has 150 valence electrons. The van der Waals surface area contributed by atoms with E-state index in [1.54, 1.807) is 24.4 Å². The number of carbonyl (C=O) groups is 1. The minimum atomic E-state index is -0.0723. The van der Waals surface area contributed by atoms with Crippen molar-refractivity contribution in [2.24, 2.45) is 0 Å². The Morgan fingerprint density at radius 1 is 1.03 bits per heavy atom. The summed E-state index contributed by atoms with van der Waals surface area (Å²) in [7, 11) is 1.67. The Morgan fingerprint density at radius 3 is 2.41 bits per heavy atom. The average Bonchev–Trinajstić information content (AvgIpc) is 2.78. The molecule has 1 amide bonds. The van der Waals surface area contributed by atoms with E-state index in [1.165, 1.54) is 0 Å². The van der Waals surface area contributed by atoms with Crippen LogP contribution in [0.25, 0.3) is 0 Å². The SMILES string of the molecule is CCN(Cc1ccccc1)C(=O)c1cnc(NCCc2ccccc2OC)nc1. The summed E-state index contributed by atoms with van der Waals surface area (Å²) >= 11 is 0. The van der Waals surface area contributed by atoms with Gasteiger partial charge in [-0.3, -0.25) is 4.79 Å². The maximum Gasteiger partial charge on any atom is 0.257 e. The number of ether oxygens (including phenoxy) is 1. The van der Waals surface area contributed by atoms with Crippen molar-refractivity contribution in [3.05, 3.63) is 83.7 Å². The highest BCUT2D eigenvalue weighted by Gasteiger charge is 2.15. The third kappa shape index (κ3) is 5.54. The third-order valence-electron chi connectivity index (χ3n) is 4.65. The Hall–Kier alpha value is -3.41. The topological polar surface area (TPSA) is 67.4 Å². The number of methoxy groups -OCH3 is 1. The molecule has 0 atom stereocenters. The maximum absolute atomic E-state index is 12.8. The van der Waals surface area contributed by atoms with Crippen LogP contribution in [0.3, 0.4) is 0 Å². The molecule has 1 aromatic heterocycles.